The number of carbonyl (C=O) groups excluding carboxylic acids is 2. The summed E-state index contributed by atoms with van der Waals surface area (Å²) in [4.78, 5) is 23.4. The highest BCUT2D eigenvalue weighted by molar-refractivity contribution is 5.91. The van der Waals surface area contributed by atoms with Crippen molar-refractivity contribution in [2.24, 2.45) is 0 Å². The number of nitrogens with zero attached hydrogens (tertiary/aromatic N) is 1. The number of rotatable bonds is 5. The summed E-state index contributed by atoms with van der Waals surface area (Å²) in [5.41, 5.74) is 2.30. The summed E-state index contributed by atoms with van der Waals surface area (Å²) in [6, 6.07) is 10.4. The van der Waals surface area contributed by atoms with Crippen LogP contribution in [0.2, 0.25) is 0 Å². The molecule has 2 rings (SSSR count). The van der Waals surface area contributed by atoms with Crippen molar-refractivity contribution in [2.45, 2.75) is 13.5 Å². The number of pyridine rings is 1. The van der Waals surface area contributed by atoms with Crippen LogP contribution in [0.4, 0.5) is 0 Å². The second kappa shape index (κ2) is 7.21. The number of ether oxygens (including phenoxy) is 1. The third-order valence-corrected chi connectivity index (χ3v) is 3.11. The Morgan fingerprint density at radius 3 is 2.55 bits per heavy atom. The molecule has 1 heterocycles. The van der Waals surface area contributed by atoms with Crippen LogP contribution in [0.25, 0.3) is 0 Å². The molecule has 0 aliphatic rings. The lowest BCUT2D eigenvalue weighted by molar-refractivity contribution is -0.605. The number of aryl methyl sites for hydroxylation is 1. The van der Waals surface area contributed by atoms with Gasteiger partial charge in [0.25, 0.3) is 5.91 Å². The van der Waals surface area contributed by atoms with Gasteiger partial charge in [-0.3, -0.25) is 4.79 Å². The van der Waals surface area contributed by atoms with E-state index in [-0.39, 0.29) is 18.1 Å². The van der Waals surface area contributed by atoms with E-state index in [2.05, 4.69) is 5.32 Å². The molecule has 0 bridgehead atoms. The molecule has 0 unspecified atom stereocenters. The summed E-state index contributed by atoms with van der Waals surface area (Å²) in [6.45, 7) is 1.97. The summed E-state index contributed by atoms with van der Waals surface area (Å²) in [6.07, 6.45) is 2.38. The number of hydrogen-bond acceptors (Lipinski definition) is 4. The van der Waals surface area contributed by atoms with Gasteiger partial charge in [0.2, 0.25) is 0 Å². The third kappa shape index (κ3) is 4.31. The van der Waals surface area contributed by atoms with Gasteiger partial charge in [0.1, 0.15) is 0 Å². The van der Waals surface area contributed by atoms with Gasteiger partial charge in [-0.2, -0.15) is 4.73 Å². The first-order chi connectivity index (χ1) is 10.6. The van der Waals surface area contributed by atoms with E-state index in [9.17, 15) is 14.8 Å². The molecule has 6 heteroatoms. The fraction of sp³-hybridized carbons (Fsp3) is 0.188. The van der Waals surface area contributed by atoms with Gasteiger partial charge < -0.3 is 15.3 Å². The van der Waals surface area contributed by atoms with Gasteiger partial charge in [0.15, 0.2) is 19.0 Å². The highest BCUT2D eigenvalue weighted by Gasteiger charge is 2.11. The van der Waals surface area contributed by atoms with E-state index in [0.29, 0.717) is 11.3 Å². The molecule has 1 aromatic heterocycles. The van der Waals surface area contributed by atoms with Crippen molar-refractivity contribution in [1.29, 1.82) is 0 Å². The minimum absolute atomic E-state index is 0.221. The predicted molar refractivity (Wildman–Crippen MR) is 78.7 cm³/mol. The van der Waals surface area contributed by atoms with Gasteiger partial charge in [0.05, 0.1) is 5.56 Å². The van der Waals surface area contributed by atoms with Crippen molar-refractivity contribution in [3.05, 3.63) is 70.7 Å². The monoisotopic (exact) mass is 300 g/mol. The number of hydrogen-bond donors (Lipinski definition) is 1. The van der Waals surface area contributed by atoms with Crippen molar-refractivity contribution in [1.82, 2.24) is 5.32 Å². The van der Waals surface area contributed by atoms with Crippen molar-refractivity contribution in [3.63, 3.8) is 0 Å². The Morgan fingerprint density at radius 1 is 1.18 bits per heavy atom. The van der Waals surface area contributed by atoms with Gasteiger partial charge in [-0.05, 0) is 18.1 Å². The third-order valence-electron chi connectivity index (χ3n) is 3.11. The second-order valence-corrected chi connectivity index (χ2v) is 4.73. The summed E-state index contributed by atoms with van der Waals surface area (Å²) in [7, 11) is 0. The molecule has 0 aliphatic carbocycles. The average Bonchev–Trinajstić information content (AvgIpc) is 2.52. The number of esters is 1. The largest absolute Gasteiger partial charge is 0.619 e. The van der Waals surface area contributed by atoms with E-state index in [4.69, 9.17) is 4.74 Å². The van der Waals surface area contributed by atoms with Crippen LogP contribution in [0, 0.1) is 12.1 Å². The molecule has 2 aromatic rings. The molecule has 0 aliphatic heterocycles. The molecule has 22 heavy (non-hydrogen) atoms. The summed E-state index contributed by atoms with van der Waals surface area (Å²) < 4.78 is 5.45. The molecular weight excluding hydrogens is 284 g/mol. The lowest BCUT2D eigenvalue weighted by Crippen LogP contribution is -2.29. The van der Waals surface area contributed by atoms with Gasteiger partial charge >= 0.3 is 5.97 Å². The van der Waals surface area contributed by atoms with Crippen LogP contribution in [-0.4, -0.2) is 18.5 Å². The van der Waals surface area contributed by atoms with Crippen LogP contribution in [0.15, 0.2) is 48.8 Å². The van der Waals surface area contributed by atoms with Crippen molar-refractivity contribution in [3.8, 4) is 0 Å². The molecule has 114 valence electrons. The molecular formula is C16H16N2O4. The minimum atomic E-state index is -0.647. The Hall–Kier alpha value is -2.89. The fourth-order valence-electron chi connectivity index (χ4n) is 1.82. The first-order valence-electron chi connectivity index (χ1n) is 6.73. The molecule has 0 saturated heterocycles. The number of benzene rings is 1. The summed E-state index contributed by atoms with van der Waals surface area (Å²) >= 11 is 0. The van der Waals surface area contributed by atoms with Crippen LogP contribution >= 0.6 is 0 Å². The molecule has 1 aromatic carbocycles. The minimum Gasteiger partial charge on any atom is -0.619 e. The molecule has 0 saturated carbocycles. The number of nitrogens with one attached hydrogen (secondary N) is 1. The Kier molecular flexibility index (Phi) is 5.08. The Morgan fingerprint density at radius 2 is 1.86 bits per heavy atom. The first kappa shape index (κ1) is 15.5. The second-order valence-electron chi connectivity index (χ2n) is 4.73. The number of carbonyl (C=O) groups is 2. The van der Waals surface area contributed by atoms with E-state index in [1.807, 2.05) is 31.2 Å². The standard InChI is InChI=1S/C16H16N2O4/c1-12-4-2-3-5-14(12)10-17-15(19)11-22-16(20)13-6-8-18(21)9-7-13/h2-9H,10-11H2,1H3,(H,17,19). The molecule has 0 atom stereocenters. The quantitative estimate of drug-likeness (QED) is 0.509. The summed E-state index contributed by atoms with van der Waals surface area (Å²) in [5.74, 6) is -1.03. The molecule has 1 amide bonds. The van der Waals surface area contributed by atoms with Crippen molar-refractivity contribution < 1.29 is 19.1 Å². The van der Waals surface area contributed by atoms with Crippen LogP contribution in [-0.2, 0) is 16.1 Å². The van der Waals surface area contributed by atoms with Crippen LogP contribution in [0.3, 0.4) is 0 Å². The van der Waals surface area contributed by atoms with Gasteiger partial charge in [-0.1, -0.05) is 24.3 Å². The zero-order valence-corrected chi connectivity index (χ0v) is 12.1. The highest BCUT2D eigenvalue weighted by Crippen LogP contribution is 2.06. The molecule has 1 N–H and O–H groups in total. The van der Waals surface area contributed by atoms with Crippen molar-refractivity contribution >= 4 is 11.9 Å². The average molecular weight is 300 g/mol. The normalized spacial score (nSPS) is 10.0. The predicted octanol–water partition coefficient (Wildman–Crippen LogP) is 1.10. The maximum atomic E-state index is 11.7. The zero-order chi connectivity index (χ0) is 15.9. The lowest BCUT2D eigenvalue weighted by Gasteiger charge is -2.08. The van der Waals surface area contributed by atoms with E-state index in [1.165, 1.54) is 24.5 Å². The Labute approximate surface area is 127 Å². The SMILES string of the molecule is Cc1ccccc1CNC(=O)COC(=O)c1cc[n+]([O-])cc1. The molecule has 6 nitrogen and oxygen atoms in total. The van der Waals surface area contributed by atoms with E-state index >= 15 is 0 Å². The highest BCUT2D eigenvalue weighted by atomic mass is 16.5. The first-order valence-corrected chi connectivity index (χ1v) is 6.73. The van der Waals surface area contributed by atoms with Gasteiger partial charge in [-0.15, -0.1) is 0 Å². The fourth-order valence-corrected chi connectivity index (χ4v) is 1.82. The molecule has 0 fully saturated rings. The Bertz CT molecular complexity index is 668. The molecule has 0 radical (unpaired) electrons. The van der Waals surface area contributed by atoms with Gasteiger partial charge in [-0.25, -0.2) is 4.79 Å². The zero-order valence-electron chi connectivity index (χ0n) is 12.1. The lowest BCUT2D eigenvalue weighted by atomic mass is 10.1. The maximum absolute atomic E-state index is 11.7. The van der Waals surface area contributed by atoms with Crippen LogP contribution in [0.1, 0.15) is 21.5 Å². The van der Waals surface area contributed by atoms with Crippen molar-refractivity contribution in [2.75, 3.05) is 6.61 Å². The topological polar surface area (TPSA) is 82.3 Å². The summed E-state index contributed by atoms with van der Waals surface area (Å²) in [5, 5.41) is 13.5. The van der Waals surface area contributed by atoms with Crippen LogP contribution < -0.4 is 10.0 Å². The van der Waals surface area contributed by atoms with E-state index in [1.54, 1.807) is 0 Å². The number of aromatic nitrogens is 1. The van der Waals surface area contributed by atoms with Crippen LogP contribution in [0.5, 0.6) is 0 Å². The van der Waals surface area contributed by atoms with E-state index < -0.39 is 5.97 Å². The smallest absolute Gasteiger partial charge is 0.339 e. The Balaban J connectivity index is 1.79. The maximum Gasteiger partial charge on any atom is 0.339 e. The van der Waals surface area contributed by atoms with E-state index in [0.717, 1.165) is 11.1 Å². The number of amides is 1. The molecule has 0 spiro atoms. The van der Waals surface area contributed by atoms with Gasteiger partial charge in [0, 0.05) is 18.7 Å².